The second kappa shape index (κ2) is 6.74. The van der Waals surface area contributed by atoms with Gasteiger partial charge in [-0.3, -0.25) is 4.79 Å². The highest BCUT2D eigenvalue weighted by Crippen LogP contribution is 2.18. The zero-order valence-electron chi connectivity index (χ0n) is 13.5. The van der Waals surface area contributed by atoms with E-state index in [-0.39, 0.29) is 23.5 Å². The van der Waals surface area contributed by atoms with Crippen LogP contribution in [0.5, 0.6) is 0 Å². The Labute approximate surface area is 138 Å². The molecule has 1 aliphatic heterocycles. The van der Waals surface area contributed by atoms with Gasteiger partial charge >= 0.3 is 0 Å². The van der Waals surface area contributed by atoms with Crippen molar-refractivity contribution in [3.63, 3.8) is 0 Å². The molecule has 7 heteroatoms. The molecule has 1 aliphatic rings. The van der Waals surface area contributed by atoms with Gasteiger partial charge < -0.3 is 14.8 Å². The summed E-state index contributed by atoms with van der Waals surface area (Å²) in [6.07, 6.45) is 3.45. The molecule has 2 aromatic rings. The van der Waals surface area contributed by atoms with Crippen molar-refractivity contribution in [2.45, 2.75) is 19.9 Å². The number of hydrogen-bond acceptors (Lipinski definition) is 4. The standard InChI is InChI=1S/C17H18FN3O3/c1-11(20-17(22)16-12(2)23-7-8-24-16)13-9-19-21(10-13)15-5-3-14(18)4-6-15/h3-6,9-11H,7-8H2,1-2H3,(H,20,22). The Morgan fingerprint density at radius 3 is 2.71 bits per heavy atom. The van der Waals surface area contributed by atoms with Gasteiger partial charge in [-0.2, -0.15) is 5.10 Å². The van der Waals surface area contributed by atoms with Crippen LogP contribution in [0.1, 0.15) is 25.5 Å². The van der Waals surface area contributed by atoms with Gasteiger partial charge in [0.25, 0.3) is 5.91 Å². The smallest absolute Gasteiger partial charge is 0.290 e. The van der Waals surface area contributed by atoms with Gasteiger partial charge in [-0.05, 0) is 38.1 Å². The molecular formula is C17H18FN3O3. The Balaban J connectivity index is 1.70. The number of aromatic nitrogens is 2. The van der Waals surface area contributed by atoms with E-state index >= 15 is 0 Å². The maximum absolute atomic E-state index is 13.0. The number of rotatable bonds is 4. The number of nitrogens with zero attached hydrogens (tertiary/aromatic N) is 2. The van der Waals surface area contributed by atoms with Crippen LogP contribution in [0.15, 0.2) is 48.2 Å². The van der Waals surface area contributed by atoms with Crippen LogP contribution in [0.2, 0.25) is 0 Å². The van der Waals surface area contributed by atoms with Crippen LogP contribution in [0, 0.1) is 5.82 Å². The van der Waals surface area contributed by atoms with Gasteiger partial charge in [-0.1, -0.05) is 0 Å². The Morgan fingerprint density at radius 1 is 1.29 bits per heavy atom. The fraction of sp³-hybridized carbons (Fsp3) is 0.294. The summed E-state index contributed by atoms with van der Waals surface area (Å²) >= 11 is 0. The molecule has 1 aromatic heterocycles. The number of hydrogen-bond donors (Lipinski definition) is 1. The zero-order chi connectivity index (χ0) is 17.1. The summed E-state index contributed by atoms with van der Waals surface area (Å²) in [5, 5.41) is 7.10. The normalized spacial score (nSPS) is 15.5. The van der Waals surface area contributed by atoms with Crippen molar-refractivity contribution < 1.29 is 18.7 Å². The average Bonchev–Trinajstić information content (AvgIpc) is 3.06. The summed E-state index contributed by atoms with van der Waals surface area (Å²) in [7, 11) is 0. The number of benzene rings is 1. The van der Waals surface area contributed by atoms with Crippen molar-refractivity contribution in [3.8, 4) is 5.69 Å². The van der Waals surface area contributed by atoms with Crippen molar-refractivity contribution in [1.82, 2.24) is 15.1 Å². The molecule has 0 saturated carbocycles. The number of carbonyl (C=O) groups is 1. The molecule has 0 aliphatic carbocycles. The molecule has 1 N–H and O–H groups in total. The van der Waals surface area contributed by atoms with Crippen molar-refractivity contribution in [2.24, 2.45) is 0 Å². The van der Waals surface area contributed by atoms with E-state index in [1.165, 1.54) is 12.1 Å². The third-order valence-corrected chi connectivity index (χ3v) is 3.72. The molecule has 0 spiro atoms. The van der Waals surface area contributed by atoms with E-state index < -0.39 is 0 Å². The number of ether oxygens (including phenoxy) is 2. The lowest BCUT2D eigenvalue weighted by atomic mass is 10.2. The summed E-state index contributed by atoms with van der Waals surface area (Å²) in [5.74, 6) is 0.0614. The molecule has 1 unspecified atom stereocenters. The number of carbonyl (C=O) groups excluding carboxylic acids is 1. The lowest BCUT2D eigenvalue weighted by Gasteiger charge is -2.20. The largest absolute Gasteiger partial charge is 0.491 e. The Bertz CT molecular complexity index is 768. The predicted molar refractivity (Wildman–Crippen MR) is 84.7 cm³/mol. The van der Waals surface area contributed by atoms with Crippen LogP contribution in [0.3, 0.4) is 0 Å². The second-order valence-electron chi connectivity index (χ2n) is 5.47. The maximum Gasteiger partial charge on any atom is 0.290 e. The quantitative estimate of drug-likeness (QED) is 0.935. The van der Waals surface area contributed by atoms with Crippen molar-refractivity contribution >= 4 is 5.91 Å². The molecule has 0 fully saturated rings. The molecule has 1 atom stereocenters. The van der Waals surface area contributed by atoms with Crippen LogP contribution >= 0.6 is 0 Å². The molecule has 0 radical (unpaired) electrons. The summed E-state index contributed by atoms with van der Waals surface area (Å²) in [5.41, 5.74) is 1.56. The third-order valence-electron chi connectivity index (χ3n) is 3.72. The van der Waals surface area contributed by atoms with Gasteiger partial charge in [0, 0.05) is 11.8 Å². The molecule has 1 amide bonds. The zero-order valence-corrected chi connectivity index (χ0v) is 13.5. The van der Waals surface area contributed by atoms with Gasteiger partial charge in [-0.15, -0.1) is 0 Å². The minimum atomic E-state index is -0.325. The Hall–Kier alpha value is -2.83. The minimum Gasteiger partial charge on any atom is -0.491 e. The summed E-state index contributed by atoms with van der Waals surface area (Å²) in [6.45, 7) is 4.36. The van der Waals surface area contributed by atoms with Crippen LogP contribution in [-0.4, -0.2) is 28.9 Å². The van der Waals surface area contributed by atoms with Crippen molar-refractivity contribution in [3.05, 3.63) is 59.6 Å². The molecule has 6 nitrogen and oxygen atoms in total. The summed E-state index contributed by atoms with van der Waals surface area (Å²) in [6, 6.07) is 5.75. The first kappa shape index (κ1) is 16.0. The van der Waals surface area contributed by atoms with Crippen LogP contribution in [0.4, 0.5) is 4.39 Å². The molecule has 1 aromatic carbocycles. The molecule has 126 valence electrons. The van der Waals surface area contributed by atoms with Crippen molar-refractivity contribution in [1.29, 1.82) is 0 Å². The molecular weight excluding hydrogens is 313 g/mol. The van der Waals surface area contributed by atoms with E-state index in [2.05, 4.69) is 10.4 Å². The summed E-state index contributed by atoms with van der Waals surface area (Å²) < 4.78 is 25.3. The van der Waals surface area contributed by atoms with Gasteiger partial charge in [0.2, 0.25) is 5.76 Å². The third kappa shape index (κ3) is 3.40. The van der Waals surface area contributed by atoms with Crippen LogP contribution in [-0.2, 0) is 14.3 Å². The lowest BCUT2D eigenvalue weighted by Crippen LogP contribution is -2.31. The monoisotopic (exact) mass is 331 g/mol. The molecule has 3 rings (SSSR count). The van der Waals surface area contributed by atoms with Crippen molar-refractivity contribution in [2.75, 3.05) is 13.2 Å². The van der Waals surface area contributed by atoms with Gasteiger partial charge in [0.1, 0.15) is 24.8 Å². The lowest BCUT2D eigenvalue weighted by molar-refractivity contribution is -0.123. The molecule has 0 bridgehead atoms. The first-order valence-corrected chi connectivity index (χ1v) is 7.62. The predicted octanol–water partition coefficient (Wildman–Crippen LogP) is 2.47. The Kier molecular flexibility index (Phi) is 4.50. The van der Waals surface area contributed by atoms with Crippen LogP contribution < -0.4 is 5.32 Å². The number of halogens is 1. The number of amides is 1. The van der Waals surface area contributed by atoms with E-state index in [4.69, 9.17) is 9.47 Å². The number of nitrogens with one attached hydrogen (secondary N) is 1. The Morgan fingerprint density at radius 2 is 2.00 bits per heavy atom. The second-order valence-corrected chi connectivity index (χ2v) is 5.47. The molecule has 0 saturated heterocycles. The molecule has 2 heterocycles. The fourth-order valence-electron chi connectivity index (χ4n) is 2.37. The highest BCUT2D eigenvalue weighted by Gasteiger charge is 2.22. The highest BCUT2D eigenvalue weighted by atomic mass is 19.1. The van der Waals surface area contributed by atoms with E-state index in [0.717, 1.165) is 11.3 Å². The van der Waals surface area contributed by atoms with Gasteiger partial charge in [-0.25, -0.2) is 9.07 Å². The van der Waals surface area contributed by atoms with Gasteiger partial charge in [0.05, 0.1) is 17.9 Å². The van der Waals surface area contributed by atoms with Gasteiger partial charge in [0.15, 0.2) is 0 Å². The van der Waals surface area contributed by atoms with Crippen LogP contribution in [0.25, 0.3) is 5.69 Å². The first-order valence-electron chi connectivity index (χ1n) is 7.62. The minimum absolute atomic E-state index is 0.207. The van der Waals surface area contributed by atoms with E-state index in [1.54, 1.807) is 36.1 Å². The first-order chi connectivity index (χ1) is 11.5. The average molecular weight is 331 g/mol. The highest BCUT2D eigenvalue weighted by molar-refractivity contribution is 5.92. The fourth-order valence-corrected chi connectivity index (χ4v) is 2.37. The SMILES string of the molecule is CC1=C(C(=O)NC(C)c2cnn(-c3ccc(F)cc3)c2)OCCO1. The molecule has 24 heavy (non-hydrogen) atoms. The van der Waals surface area contributed by atoms with E-state index in [0.29, 0.717) is 19.0 Å². The summed E-state index contributed by atoms with van der Waals surface area (Å²) in [4.78, 5) is 12.3. The van der Waals surface area contributed by atoms with E-state index in [1.807, 2.05) is 6.92 Å². The number of allylic oxidation sites excluding steroid dienone is 1. The maximum atomic E-state index is 13.0. The topological polar surface area (TPSA) is 65.4 Å². The van der Waals surface area contributed by atoms with E-state index in [9.17, 15) is 9.18 Å².